The van der Waals surface area contributed by atoms with Crippen molar-refractivity contribution in [1.29, 1.82) is 0 Å². The van der Waals surface area contributed by atoms with E-state index in [1.807, 2.05) is 0 Å². The average Bonchev–Trinajstić information content (AvgIpc) is 2.28. The molecule has 0 saturated carbocycles. The van der Waals surface area contributed by atoms with Crippen LogP contribution in [-0.2, 0) is 4.74 Å². The second kappa shape index (κ2) is 12.3. The van der Waals surface area contributed by atoms with Crippen molar-refractivity contribution in [1.82, 2.24) is 5.32 Å². The van der Waals surface area contributed by atoms with Gasteiger partial charge in [-0.15, -0.1) is 0 Å². The van der Waals surface area contributed by atoms with Gasteiger partial charge in [0, 0.05) is 13.2 Å². The van der Waals surface area contributed by atoms with Crippen LogP contribution >= 0.6 is 0 Å². The van der Waals surface area contributed by atoms with Crippen LogP contribution in [0.2, 0.25) is 0 Å². The number of carbonyl (C=O) groups excluding carboxylic acids is 1. The van der Waals surface area contributed by atoms with Crippen molar-refractivity contribution < 1.29 is 14.6 Å². The summed E-state index contributed by atoms with van der Waals surface area (Å²) in [5.41, 5.74) is 0. The van der Waals surface area contributed by atoms with Gasteiger partial charge in [-0.3, -0.25) is 0 Å². The molecule has 0 aromatic carbocycles. The summed E-state index contributed by atoms with van der Waals surface area (Å²) in [5.74, 6) is 0. The maximum atomic E-state index is 11.1. The van der Waals surface area contributed by atoms with E-state index in [0.717, 1.165) is 44.9 Å². The van der Waals surface area contributed by atoms with Crippen molar-refractivity contribution in [3.05, 3.63) is 0 Å². The third-order valence-corrected chi connectivity index (χ3v) is 2.34. The Hall–Kier alpha value is -0.770. The molecule has 0 bridgehead atoms. The van der Waals surface area contributed by atoms with Crippen molar-refractivity contribution in [2.24, 2.45) is 0 Å². The molecule has 0 aliphatic carbocycles. The average molecular weight is 231 g/mol. The summed E-state index contributed by atoms with van der Waals surface area (Å²) >= 11 is 0. The minimum atomic E-state index is -0.302. The highest BCUT2D eigenvalue weighted by molar-refractivity contribution is 5.66. The van der Waals surface area contributed by atoms with Crippen molar-refractivity contribution in [2.75, 3.05) is 19.8 Å². The maximum Gasteiger partial charge on any atom is 0.407 e. The van der Waals surface area contributed by atoms with Crippen LogP contribution in [-0.4, -0.2) is 31.0 Å². The summed E-state index contributed by atoms with van der Waals surface area (Å²) in [5, 5.41) is 11.3. The molecule has 0 aliphatic heterocycles. The summed E-state index contributed by atoms with van der Waals surface area (Å²) in [4.78, 5) is 11.1. The van der Waals surface area contributed by atoms with E-state index in [4.69, 9.17) is 9.84 Å². The zero-order valence-corrected chi connectivity index (χ0v) is 10.3. The number of unbranched alkanes of at least 4 members (excludes halogenated alkanes) is 5. The smallest absolute Gasteiger partial charge is 0.407 e. The summed E-state index contributed by atoms with van der Waals surface area (Å²) in [6, 6.07) is 0. The molecule has 0 aromatic rings. The number of nitrogens with one attached hydrogen (secondary N) is 1. The Morgan fingerprint density at radius 1 is 1.12 bits per heavy atom. The van der Waals surface area contributed by atoms with E-state index in [1.165, 1.54) is 0 Å². The first kappa shape index (κ1) is 15.2. The van der Waals surface area contributed by atoms with Crippen molar-refractivity contribution in [3.8, 4) is 0 Å². The fraction of sp³-hybridized carbons (Fsp3) is 0.917. The lowest BCUT2D eigenvalue weighted by Crippen LogP contribution is -2.25. The lowest BCUT2D eigenvalue weighted by Gasteiger charge is -2.06. The molecule has 0 aliphatic rings. The number of aliphatic hydroxyl groups is 1. The summed E-state index contributed by atoms with van der Waals surface area (Å²) in [6.45, 7) is 3.54. The molecular formula is C12H25NO3. The van der Waals surface area contributed by atoms with E-state index in [2.05, 4.69) is 12.2 Å². The van der Waals surface area contributed by atoms with Crippen LogP contribution in [0.15, 0.2) is 0 Å². The van der Waals surface area contributed by atoms with E-state index in [1.54, 1.807) is 0 Å². The molecule has 0 atom stereocenters. The number of carbonyl (C=O) groups is 1. The Balaban J connectivity index is 3.09. The minimum absolute atomic E-state index is 0.280. The molecule has 0 heterocycles. The van der Waals surface area contributed by atoms with Crippen LogP contribution < -0.4 is 5.32 Å². The van der Waals surface area contributed by atoms with Crippen LogP contribution in [0, 0.1) is 0 Å². The van der Waals surface area contributed by atoms with Crippen molar-refractivity contribution >= 4 is 6.09 Å². The number of aliphatic hydroxyl groups excluding tert-OH is 1. The number of hydrogen-bond donors (Lipinski definition) is 2. The van der Waals surface area contributed by atoms with Gasteiger partial charge in [0.15, 0.2) is 0 Å². The monoisotopic (exact) mass is 231 g/mol. The fourth-order valence-electron chi connectivity index (χ4n) is 1.32. The standard InChI is InChI=1S/C12H25NO3/c1-2-3-11-16-12(15)13-9-7-5-4-6-8-10-14/h14H,2-11H2,1H3,(H,13,15). The van der Waals surface area contributed by atoms with Crippen molar-refractivity contribution in [3.63, 3.8) is 0 Å². The fourth-order valence-corrected chi connectivity index (χ4v) is 1.32. The molecule has 4 nitrogen and oxygen atoms in total. The second-order valence-electron chi connectivity index (χ2n) is 3.91. The molecule has 0 fully saturated rings. The number of hydrogen-bond acceptors (Lipinski definition) is 3. The quantitative estimate of drug-likeness (QED) is 0.568. The normalized spacial score (nSPS) is 10.1. The van der Waals surface area contributed by atoms with Gasteiger partial charge in [-0.25, -0.2) is 4.79 Å². The van der Waals surface area contributed by atoms with E-state index in [-0.39, 0.29) is 12.7 Å². The molecule has 2 N–H and O–H groups in total. The number of rotatable bonds is 10. The Morgan fingerprint density at radius 3 is 2.50 bits per heavy atom. The third-order valence-electron chi connectivity index (χ3n) is 2.34. The van der Waals surface area contributed by atoms with Gasteiger partial charge in [0.2, 0.25) is 0 Å². The van der Waals surface area contributed by atoms with Crippen molar-refractivity contribution in [2.45, 2.75) is 51.9 Å². The molecule has 0 unspecified atom stereocenters. The van der Waals surface area contributed by atoms with Gasteiger partial charge in [-0.1, -0.05) is 32.6 Å². The lowest BCUT2D eigenvalue weighted by atomic mass is 10.1. The summed E-state index contributed by atoms with van der Waals surface area (Å²) in [7, 11) is 0. The highest BCUT2D eigenvalue weighted by Gasteiger charge is 1.99. The van der Waals surface area contributed by atoms with Gasteiger partial charge in [-0.2, -0.15) is 0 Å². The predicted octanol–water partition coefficient (Wildman–Crippen LogP) is 2.46. The number of ether oxygens (including phenoxy) is 1. The SMILES string of the molecule is CCCCOC(=O)NCCCCCCCO. The Bertz CT molecular complexity index is 162. The molecule has 0 spiro atoms. The largest absolute Gasteiger partial charge is 0.450 e. The second-order valence-corrected chi connectivity index (χ2v) is 3.91. The topological polar surface area (TPSA) is 58.6 Å². The maximum absolute atomic E-state index is 11.1. The van der Waals surface area contributed by atoms with Crippen LogP contribution in [0.5, 0.6) is 0 Å². The van der Waals surface area contributed by atoms with E-state index < -0.39 is 0 Å². The molecular weight excluding hydrogens is 206 g/mol. The summed E-state index contributed by atoms with van der Waals surface area (Å²) < 4.78 is 4.94. The van der Waals surface area contributed by atoms with E-state index in [0.29, 0.717) is 13.2 Å². The van der Waals surface area contributed by atoms with Gasteiger partial charge in [-0.05, 0) is 19.3 Å². The van der Waals surface area contributed by atoms with Gasteiger partial charge in [0.05, 0.1) is 6.61 Å². The summed E-state index contributed by atoms with van der Waals surface area (Å²) in [6.07, 6.45) is 6.80. The van der Waals surface area contributed by atoms with Gasteiger partial charge < -0.3 is 15.2 Å². The van der Waals surface area contributed by atoms with E-state index >= 15 is 0 Å². The lowest BCUT2D eigenvalue weighted by molar-refractivity contribution is 0.144. The Morgan fingerprint density at radius 2 is 1.81 bits per heavy atom. The highest BCUT2D eigenvalue weighted by Crippen LogP contribution is 2.01. The Labute approximate surface area is 98.4 Å². The molecule has 0 aromatic heterocycles. The number of amides is 1. The molecule has 1 amide bonds. The zero-order valence-electron chi connectivity index (χ0n) is 10.3. The van der Waals surface area contributed by atoms with Gasteiger partial charge in [0.25, 0.3) is 0 Å². The number of alkyl carbamates (subject to hydrolysis) is 1. The first-order valence-electron chi connectivity index (χ1n) is 6.32. The Kier molecular flexibility index (Phi) is 11.7. The molecule has 0 saturated heterocycles. The minimum Gasteiger partial charge on any atom is -0.450 e. The van der Waals surface area contributed by atoms with Gasteiger partial charge >= 0.3 is 6.09 Å². The molecule has 0 radical (unpaired) electrons. The van der Waals surface area contributed by atoms with Crippen LogP contribution in [0.25, 0.3) is 0 Å². The van der Waals surface area contributed by atoms with E-state index in [9.17, 15) is 4.79 Å². The van der Waals surface area contributed by atoms with Crippen LogP contribution in [0.3, 0.4) is 0 Å². The highest BCUT2D eigenvalue weighted by atomic mass is 16.5. The van der Waals surface area contributed by atoms with Crippen LogP contribution in [0.4, 0.5) is 4.79 Å². The molecule has 4 heteroatoms. The van der Waals surface area contributed by atoms with Crippen LogP contribution in [0.1, 0.15) is 51.9 Å². The molecule has 16 heavy (non-hydrogen) atoms. The van der Waals surface area contributed by atoms with Gasteiger partial charge in [0.1, 0.15) is 0 Å². The zero-order chi connectivity index (χ0) is 12.1. The first-order chi connectivity index (χ1) is 7.81. The molecule has 0 rings (SSSR count). The molecule has 96 valence electrons. The third kappa shape index (κ3) is 11.3. The first-order valence-corrected chi connectivity index (χ1v) is 6.32. The predicted molar refractivity (Wildman–Crippen MR) is 64.4 cm³/mol.